The third kappa shape index (κ3) is 4.24. The van der Waals surface area contributed by atoms with Crippen LogP contribution in [0.1, 0.15) is 57.4 Å². The van der Waals surface area contributed by atoms with Gasteiger partial charge in [0, 0.05) is 0 Å². The van der Waals surface area contributed by atoms with Gasteiger partial charge >= 0.3 is 0 Å². The van der Waals surface area contributed by atoms with Gasteiger partial charge in [0.05, 0.1) is 6.61 Å². The first kappa shape index (κ1) is 15.4. The van der Waals surface area contributed by atoms with Crippen LogP contribution >= 0.6 is 0 Å². The van der Waals surface area contributed by atoms with E-state index in [1.807, 2.05) is 6.92 Å². The summed E-state index contributed by atoms with van der Waals surface area (Å²) in [6.45, 7) is 7.21. The Bertz CT molecular complexity index is 374. The van der Waals surface area contributed by atoms with Gasteiger partial charge in [-0.3, -0.25) is 0 Å². The van der Waals surface area contributed by atoms with Gasteiger partial charge < -0.3 is 10.1 Å². The molecular formula is C18H29NO. The van der Waals surface area contributed by atoms with E-state index in [1.54, 1.807) is 0 Å². The standard InChI is InChI=1S/C18H29NO/c1-3-19-14-16-8-6-5-7-9-18(16)15-10-12-17(13-11-15)20-4-2/h10-13,16,18-19H,3-9,14H2,1-2H3. The van der Waals surface area contributed by atoms with Gasteiger partial charge in [0.1, 0.15) is 5.75 Å². The summed E-state index contributed by atoms with van der Waals surface area (Å²) in [6.07, 6.45) is 6.87. The smallest absolute Gasteiger partial charge is 0.119 e. The van der Waals surface area contributed by atoms with Crippen LogP contribution in [0.4, 0.5) is 0 Å². The molecule has 0 spiro atoms. The molecule has 1 fully saturated rings. The van der Waals surface area contributed by atoms with Crippen LogP contribution in [0.2, 0.25) is 0 Å². The van der Waals surface area contributed by atoms with Gasteiger partial charge in [0.15, 0.2) is 0 Å². The summed E-state index contributed by atoms with van der Waals surface area (Å²) in [4.78, 5) is 0. The fourth-order valence-electron chi connectivity index (χ4n) is 3.38. The van der Waals surface area contributed by atoms with Crippen LogP contribution in [0.15, 0.2) is 24.3 Å². The van der Waals surface area contributed by atoms with Gasteiger partial charge in [-0.25, -0.2) is 0 Å². The minimum absolute atomic E-state index is 0.715. The lowest BCUT2D eigenvalue weighted by Crippen LogP contribution is -2.26. The summed E-state index contributed by atoms with van der Waals surface area (Å²) in [5, 5.41) is 3.55. The van der Waals surface area contributed by atoms with Crippen LogP contribution in [0.5, 0.6) is 5.75 Å². The molecule has 0 heterocycles. The fourth-order valence-corrected chi connectivity index (χ4v) is 3.38. The number of nitrogens with one attached hydrogen (secondary N) is 1. The van der Waals surface area contributed by atoms with Crippen LogP contribution in [0.25, 0.3) is 0 Å². The molecule has 2 rings (SSSR count). The van der Waals surface area contributed by atoms with Crippen molar-refractivity contribution < 1.29 is 4.74 Å². The van der Waals surface area contributed by atoms with Crippen molar-refractivity contribution in [1.82, 2.24) is 5.32 Å². The second-order valence-electron chi connectivity index (χ2n) is 5.81. The Morgan fingerprint density at radius 3 is 2.50 bits per heavy atom. The molecule has 1 aromatic carbocycles. The highest BCUT2D eigenvalue weighted by molar-refractivity contribution is 5.30. The molecule has 1 saturated carbocycles. The van der Waals surface area contributed by atoms with E-state index in [-0.39, 0.29) is 0 Å². The number of hydrogen-bond donors (Lipinski definition) is 1. The summed E-state index contributed by atoms with van der Waals surface area (Å²) < 4.78 is 5.55. The van der Waals surface area contributed by atoms with Gasteiger partial charge in [0.2, 0.25) is 0 Å². The molecule has 1 aliphatic rings. The topological polar surface area (TPSA) is 21.3 Å². The maximum atomic E-state index is 5.55. The molecular weight excluding hydrogens is 246 g/mol. The third-order valence-electron chi connectivity index (χ3n) is 4.43. The van der Waals surface area contributed by atoms with E-state index in [2.05, 4.69) is 36.5 Å². The molecule has 0 saturated heterocycles. The van der Waals surface area contributed by atoms with E-state index in [4.69, 9.17) is 4.74 Å². The summed E-state index contributed by atoms with van der Waals surface area (Å²) in [6, 6.07) is 8.82. The van der Waals surface area contributed by atoms with Crippen molar-refractivity contribution in [2.75, 3.05) is 19.7 Å². The van der Waals surface area contributed by atoms with E-state index >= 15 is 0 Å². The van der Waals surface area contributed by atoms with Crippen LogP contribution in [-0.2, 0) is 0 Å². The molecule has 0 bridgehead atoms. The quantitative estimate of drug-likeness (QED) is 0.779. The first-order valence-corrected chi connectivity index (χ1v) is 8.28. The lowest BCUT2D eigenvalue weighted by Gasteiger charge is -2.26. The summed E-state index contributed by atoms with van der Waals surface area (Å²) >= 11 is 0. The number of ether oxygens (including phenoxy) is 1. The second-order valence-corrected chi connectivity index (χ2v) is 5.81. The number of benzene rings is 1. The predicted molar refractivity (Wildman–Crippen MR) is 85.5 cm³/mol. The average Bonchev–Trinajstić information content (AvgIpc) is 2.72. The Balaban J connectivity index is 2.08. The third-order valence-corrected chi connectivity index (χ3v) is 4.43. The molecule has 0 radical (unpaired) electrons. The predicted octanol–water partition coefficient (Wildman–Crippen LogP) is 4.36. The van der Waals surface area contributed by atoms with Gasteiger partial charge in [-0.1, -0.05) is 38.3 Å². The molecule has 112 valence electrons. The van der Waals surface area contributed by atoms with Crippen molar-refractivity contribution in [3.05, 3.63) is 29.8 Å². The molecule has 2 nitrogen and oxygen atoms in total. The van der Waals surface area contributed by atoms with Crippen LogP contribution in [0.3, 0.4) is 0 Å². The maximum absolute atomic E-state index is 5.55. The van der Waals surface area contributed by atoms with Crippen molar-refractivity contribution in [2.24, 2.45) is 5.92 Å². The summed E-state index contributed by atoms with van der Waals surface area (Å²) in [7, 11) is 0. The summed E-state index contributed by atoms with van der Waals surface area (Å²) in [5.74, 6) is 2.50. The Morgan fingerprint density at radius 2 is 1.80 bits per heavy atom. The molecule has 2 atom stereocenters. The molecule has 1 N–H and O–H groups in total. The zero-order valence-electron chi connectivity index (χ0n) is 13.0. The fraction of sp³-hybridized carbons (Fsp3) is 0.667. The minimum Gasteiger partial charge on any atom is -0.494 e. The molecule has 1 aliphatic carbocycles. The Hall–Kier alpha value is -1.02. The SMILES string of the molecule is CCNCC1CCCCCC1c1ccc(OCC)cc1. The minimum atomic E-state index is 0.715. The van der Waals surface area contributed by atoms with Gasteiger partial charge in [-0.15, -0.1) is 0 Å². The monoisotopic (exact) mass is 275 g/mol. The lowest BCUT2D eigenvalue weighted by molar-refractivity contribution is 0.339. The van der Waals surface area contributed by atoms with Crippen molar-refractivity contribution in [2.45, 2.75) is 51.9 Å². The van der Waals surface area contributed by atoms with Crippen LogP contribution < -0.4 is 10.1 Å². The molecule has 0 aromatic heterocycles. The summed E-state index contributed by atoms with van der Waals surface area (Å²) in [5.41, 5.74) is 1.50. The molecule has 2 unspecified atom stereocenters. The maximum Gasteiger partial charge on any atom is 0.119 e. The van der Waals surface area contributed by atoms with E-state index in [1.165, 1.54) is 37.7 Å². The zero-order chi connectivity index (χ0) is 14.2. The normalized spacial score (nSPS) is 23.3. The number of hydrogen-bond acceptors (Lipinski definition) is 2. The molecule has 20 heavy (non-hydrogen) atoms. The van der Waals surface area contributed by atoms with E-state index < -0.39 is 0 Å². The first-order valence-electron chi connectivity index (χ1n) is 8.28. The highest BCUT2D eigenvalue weighted by Gasteiger charge is 2.24. The number of rotatable bonds is 6. The zero-order valence-corrected chi connectivity index (χ0v) is 13.0. The largest absolute Gasteiger partial charge is 0.494 e. The highest BCUT2D eigenvalue weighted by Crippen LogP contribution is 2.36. The Morgan fingerprint density at radius 1 is 1.05 bits per heavy atom. The second kappa shape index (κ2) is 8.31. The van der Waals surface area contributed by atoms with Crippen molar-refractivity contribution in [3.8, 4) is 5.75 Å². The van der Waals surface area contributed by atoms with E-state index in [0.717, 1.165) is 31.4 Å². The van der Waals surface area contributed by atoms with Gasteiger partial charge in [0.25, 0.3) is 0 Å². The Kier molecular flexibility index (Phi) is 6.38. The first-order chi connectivity index (χ1) is 9.85. The molecule has 0 amide bonds. The van der Waals surface area contributed by atoms with E-state index in [9.17, 15) is 0 Å². The van der Waals surface area contributed by atoms with Gasteiger partial charge in [-0.2, -0.15) is 0 Å². The highest BCUT2D eigenvalue weighted by atomic mass is 16.5. The van der Waals surface area contributed by atoms with Gasteiger partial charge in [-0.05, 0) is 62.4 Å². The van der Waals surface area contributed by atoms with Crippen LogP contribution in [-0.4, -0.2) is 19.7 Å². The molecule has 1 aromatic rings. The van der Waals surface area contributed by atoms with E-state index in [0.29, 0.717) is 5.92 Å². The Labute approximate surface area is 123 Å². The molecule has 2 heteroatoms. The van der Waals surface area contributed by atoms with Crippen molar-refractivity contribution in [1.29, 1.82) is 0 Å². The van der Waals surface area contributed by atoms with Crippen molar-refractivity contribution >= 4 is 0 Å². The van der Waals surface area contributed by atoms with Crippen molar-refractivity contribution in [3.63, 3.8) is 0 Å². The lowest BCUT2D eigenvalue weighted by atomic mass is 9.82. The van der Waals surface area contributed by atoms with Crippen LogP contribution in [0, 0.1) is 5.92 Å². The molecule has 0 aliphatic heterocycles. The average molecular weight is 275 g/mol.